The van der Waals surface area contributed by atoms with E-state index in [-0.39, 0.29) is 5.91 Å². The van der Waals surface area contributed by atoms with Crippen LogP contribution in [0.1, 0.15) is 45.4 Å². The molecule has 3 aliphatic carbocycles. The minimum Gasteiger partial charge on any atom is -0.353 e. The van der Waals surface area contributed by atoms with Crippen molar-refractivity contribution in [1.82, 2.24) is 5.32 Å². The first-order valence-corrected chi connectivity index (χ1v) is 7.70. The Morgan fingerprint density at radius 2 is 1.94 bits per heavy atom. The van der Waals surface area contributed by atoms with E-state index in [9.17, 15) is 4.79 Å². The van der Waals surface area contributed by atoms with Crippen LogP contribution in [-0.2, 0) is 4.79 Å². The molecule has 5 unspecified atom stereocenters. The summed E-state index contributed by atoms with van der Waals surface area (Å²) >= 11 is 0. The van der Waals surface area contributed by atoms with E-state index in [1.165, 1.54) is 19.3 Å². The summed E-state index contributed by atoms with van der Waals surface area (Å²) in [6, 6.07) is 0.550. The molecule has 3 aliphatic rings. The highest BCUT2D eigenvalue weighted by Gasteiger charge is 2.65. The van der Waals surface area contributed by atoms with Crippen LogP contribution in [0.2, 0.25) is 0 Å². The smallest absolute Gasteiger partial charge is 0.220 e. The molecule has 3 N–H and O–H groups in total. The van der Waals surface area contributed by atoms with Crippen LogP contribution in [0.3, 0.4) is 0 Å². The molecule has 0 spiro atoms. The minimum atomic E-state index is 0.276. The number of hydrogen-bond acceptors (Lipinski definition) is 2. The lowest BCUT2D eigenvalue weighted by molar-refractivity contribution is -0.121. The molecule has 18 heavy (non-hydrogen) atoms. The summed E-state index contributed by atoms with van der Waals surface area (Å²) in [5, 5.41) is 3.28. The number of nitrogens with two attached hydrogens (primary N) is 1. The Bertz CT molecular complexity index is 314. The second-order valence-corrected chi connectivity index (χ2v) is 6.80. The molecule has 3 fully saturated rings. The molecular formula is C15H26N2O. The van der Waals surface area contributed by atoms with Crippen LogP contribution in [0.15, 0.2) is 0 Å². The van der Waals surface area contributed by atoms with Gasteiger partial charge < -0.3 is 11.1 Å². The van der Waals surface area contributed by atoms with E-state index in [1.807, 2.05) is 0 Å². The van der Waals surface area contributed by atoms with Crippen LogP contribution in [-0.4, -0.2) is 18.5 Å². The summed E-state index contributed by atoms with van der Waals surface area (Å²) in [6.45, 7) is 2.92. The Morgan fingerprint density at radius 3 is 2.56 bits per heavy atom. The third kappa shape index (κ3) is 2.18. The maximum atomic E-state index is 11.9. The van der Waals surface area contributed by atoms with Gasteiger partial charge in [-0.3, -0.25) is 4.79 Å². The Labute approximate surface area is 110 Å². The number of fused-ring (bicyclic) bond motifs is 5. The Balaban J connectivity index is 1.38. The zero-order valence-corrected chi connectivity index (χ0v) is 11.4. The molecular weight excluding hydrogens is 224 g/mol. The maximum absolute atomic E-state index is 11.9. The summed E-state index contributed by atoms with van der Waals surface area (Å²) in [5.74, 6) is 4.46. The first-order valence-electron chi connectivity index (χ1n) is 7.70. The molecule has 0 heterocycles. The van der Waals surface area contributed by atoms with E-state index in [0.717, 1.165) is 43.1 Å². The number of nitrogens with one attached hydrogen (secondary N) is 1. The fraction of sp³-hybridized carbons (Fsp3) is 0.933. The van der Waals surface area contributed by atoms with Gasteiger partial charge in [-0.15, -0.1) is 0 Å². The molecule has 0 aromatic carbocycles. The summed E-state index contributed by atoms with van der Waals surface area (Å²) < 4.78 is 0. The largest absolute Gasteiger partial charge is 0.353 e. The molecule has 3 nitrogen and oxygen atoms in total. The van der Waals surface area contributed by atoms with Gasteiger partial charge >= 0.3 is 0 Å². The Hall–Kier alpha value is -0.570. The highest BCUT2D eigenvalue weighted by atomic mass is 16.1. The fourth-order valence-electron chi connectivity index (χ4n) is 4.58. The molecule has 2 bridgehead atoms. The number of rotatable bonds is 6. The van der Waals surface area contributed by atoms with Crippen molar-refractivity contribution >= 4 is 5.91 Å². The monoisotopic (exact) mass is 250 g/mol. The third-order valence-electron chi connectivity index (χ3n) is 5.59. The van der Waals surface area contributed by atoms with E-state index in [2.05, 4.69) is 12.2 Å². The van der Waals surface area contributed by atoms with Gasteiger partial charge in [0.05, 0.1) is 0 Å². The second-order valence-electron chi connectivity index (χ2n) is 6.80. The highest BCUT2D eigenvalue weighted by molar-refractivity contribution is 5.76. The van der Waals surface area contributed by atoms with E-state index in [0.29, 0.717) is 18.4 Å². The van der Waals surface area contributed by atoms with E-state index in [4.69, 9.17) is 5.73 Å². The van der Waals surface area contributed by atoms with Crippen LogP contribution >= 0.6 is 0 Å². The minimum absolute atomic E-state index is 0.276. The van der Waals surface area contributed by atoms with Crippen molar-refractivity contribution in [2.75, 3.05) is 6.54 Å². The summed E-state index contributed by atoms with van der Waals surface area (Å²) in [6.07, 6.45) is 7.00. The molecule has 1 amide bonds. The van der Waals surface area contributed by atoms with Crippen molar-refractivity contribution in [2.45, 2.75) is 51.5 Å². The van der Waals surface area contributed by atoms with Crippen LogP contribution in [0.4, 0.5) is 0 Å². The normalized spacial score (nSPS) is 41.6. The van der Waals surface area contributed by atoms with Gasteiger partial charge in [-0.2, -0.15) is 0 Å². The lowest BCUT2D eigenvalue weighted by atomic mass is 10.0. The van der Waals surface area contributed by atoms with Crippen LogP contribution < -0.4 is 11.1 Å². The predicted molar refractivity (Wildman–Crippen MR) is 71.8 cm³/mol. The fourth-order valence-corrected chi connectivity index (χ4v) is 4.58. The quantitative estimate of drug-likeness (QED) is 0.756. The number of carbonyl (C=O) groups excluding carboxylic acids is 1. The van der Waals surface area contributed by atoms with Crippen molar-refractivity contribution in [2.24, 2.45) is 35.3 Å². The van der Waals surface area contributed by atoms with Crippen molar-refractivity contribution in [3.05, 3.63) is 0 Å². The topological polar surface area (TPSA) is 55.1 Å². The van der Waals surface area contributed by atoms with Gasteiger partial charge in [-0.1, -0.05) is 6.92 Å². The van der Waals surface area contributed by atoms with Gasteiger partial charge in [-0.25, -0.2) is 0 Å². The zero-order chi connectivity index (χ0) is 12.7. The molecule has 3 saturated carbocycles. The van der Waals surface area contributed by atoms with Crippen molar-refractivity contribution in [3.8, 4) is 0 Å². The Kier molecular flexibility index (Phi) is 3.35. The maximum Gasteiger partial charge on any atom is 0.220 e. The molecule has 5 atom stereocenters. The van der Waals surface area contributed by atoms with E-state index >= 15 is 0 Å². The molecule has 0 radical (unpaired) electrons. The lowest BCUT2D eigenvalue weighted by Gasteiger charge is -2.12. The molecule has 0 saturated heterocycles. The Morgan fingerprint density at radius 1 is 1.28 bits per heavy atom. The van der Waals surface area contributed by atoms with Gasteiger partial charge in [0, 0.05) is 12.5 Å². The van der Waals surface area contributed by atoms with Crippen LogP contribution in [0, 0.1) is 29.6 Å². The van der Waals surface area contributed by atoms with Gasteiger partial charge in [-0.05, 0) is 68.2 Å². The molecule has 3 heteroatoms. The first kappa shape index (κ1) is 12.5. The van der Waals surface area contributed by atoms with Gasteiger partial charge in [0.25, 0.3) is 0 Å². The van der Waals surface area contributed by atoms with Crippen molar-refractivity contribution in [1.29, 1.82) is 0 Å². The zero-order valence-electron chi connectivity index (χ0n) is 11.4. The molecule has 3 rings (SSSR count). The third-order valence-corrected chi connectivity index (χ3v) is 5.59. The molecule has 102 valence electrons. The number of amides is 1. The van der Waals surface area contributed by atoms with Gasteiger partial charge in [0.15, 0.2) is 0 Å². The van der Waals surface area contributed by atoms with Gasteiger partial charge in [0.2, 0.25) is 5.91 Å². The van der Waals surface area contributed by atoms with Crippen LogP contribution in [0.5, 0.6) is 0 Å². The number of hydrogen-bond donors (Lipinski definition) is 2. The SMILES string of the molecule is CC(CCN)CCC(=O)NC1C2C3CCC(C3)C12. The van der Waals surface area contributed by atoms with Gasteiger partial charge in [0.1, 0.15) is 0 Å². The van der Waals surface area contributed by atoms with Crippen molar-refractivity contribution in [3.63, 3.8) is 0 Å². The standard InChI is InChI=1S/C15H26N2O/c1-9(6-7-16)2-5-12(18)17-15-13-10-3-4-11(8-10)14(13)15/h9-11,13-15H,2-8,16H2,1H3,(H,17,18). The van der Waals surface area contributed by atoms with E-state index < -0.39 is 0 Å². The van der Waals surface area contributed by atoms with E-state index in [1.54, 1.807) is 0 Å². The average molecular weight is 250 g/mol. The highest BCUT2D eigenvalue weighted by Crippen LogP contribution is 2.65. The second kappa shape index (κ2) is 4.84. The molecule has 0 aromatic heterocycles. The molecule has 0 aromatic rings. The summed E-state index contributed by atoms with van der Waals surface area (Å²) in [7, 11) is 0. The summed E-state index contributed by atoms with van der Waals surface area (Å²) in [4.78, 5) is 11.9. The first-order chi connectivity index (χ1) is 8.70. The predicted octanol–water partition coefficient (Wildman–Crippen LogP) is 1.91. The lowest BCUT2D eigenvalue weighted by Crippen LogP contribution is -2.30. The number of carbonyl (C=O) groups is 1. The average Bonchev–Trinajstić information content (AvgIpc) is 2.74. The van der Waals surface area contributed by atoms with Crippen LogP contribution in [0.25, 0.3) is 0 Å². The molecule has 0 aliphatic heterocycles. The summed E-state index contributed by atoms with van der Waals surface area (Å²) in [5.41, 5.74) is 5.53. The van der Waals surface area contributed by atoms with Crippen molar-refractivity contribution < 1.29 is 4.79 Å².